The Morgan fingerprint density at radius 2 is 1.71 bits per heavy atom. The molecule has 5 aromatic rings. The smallest absolute Gasteiger partial charge is 0.330 e. The van der Waals surface area contributed by atoms with E-state index in [1.54, 1.807) is 33.2 Å². The zero-order chi connectivity index (χ0) is 34.6. The van der Waals surface area contributed by atoms with E-state index in [9.17, 15) is 9.59 Å². The van der Waals surface area contributed by atoms with Crippen LogP contribution in [0.4, 0.5) is 11.5 Å². The second-order valence-electron chi connectivity index (χ2n) is 12.6. The zero-order valence-electron chi connectivity index (χ0n) is 27.5. The Morgan fingerprint density at radius 3 is 2.47 bits per heavy atom. The Morgan fingerprint density at radius 1 is 0.980 bits per heavy atom. The number of hydrogen-bond acceptors (Lipinski definition) is 9. The van der Waals surface area contributed by atoms with Gasteiger partial charge in [-0.1, -0.05) is 53.5 Å². The average molecular weight is 704 g/mol. The van der Waals surface area contributed by atoms with Gasteiger partial charge < -0.3 is 25.3 Å². The molecule has 11 nitrogen and oxygen atoms in total. The molecule has 0 bridgehead atoms. The van der Waals surface area contributed by atoms with E-state index < -0.39 is 11.2 Å². The van der Waals surface area contributed by atoms with Crippen LogP contribution in [0, 0.1) is 6.92 Å². The molecule has 3 aromatic heterocycles. The van der Waals surface area contributed by atoms with Crippen LogP contribution in [-0.4, -0.2) is 57.7 Å². The molecule has 2 aromatic carbocycles. The lowest BCUT2D eigenvalue weighted by Gasteiger charge is -2.30. The van der Waals surface area contributed by atoms with Crippen molar-refractivity contribution in [1.29, 1.82) is 0 Å². The first-order valence-electron chi connectivity index (χ1n) is 16.0. The molecule has 1 saturated heterocycles. The highest BCUT2D eigenvalue weighted by Crippen LogP contribution is 2.43. The number of rotatable bonds is 7. The third-order valence-corrected chi connectivity index (χ3v) is 10.2. The van der Waals surface area contributed by atoms with Crippen molar-refractivity contribution in [2.45, 2.75) is 44.4 Å². The van der Waals surface area contributed by atoms with Gasteiger partial charge in [0, 0.05) is 61.1 Å². The number of nitrogens with zero attached hydrogens (tertiary/aromatic N) is 4. The Balaban J connectivity index is 1.23. The number of hydrogen-bond donors (Lipinski definition) is 2. The van der Waals surface area contributed by atoms with E-state index >= 15 is 0 Å². The van der Waals surface area contributed by atoms with Crippen LogP contribution in [0.3, 0.4) is 0 Å². The van der Waals surface area contributed by atoms with Crippen molar-refractivity contribution in [3.63, 3.8) is 0 Å². The molecule has 0 saturated carbocycles. The van der Waals surface area contributed by atoms with Crippen LogP contribution < -0.4 is 27.0 Å². The fourth-order valence-electron chi connectivity index (χ4n) is 6.77. The number of ether oxygens (including phenoxy) is 3. The summed E-state index contributed by atoms with van der Waals surface area (Å²) in [5.74, 6) is 0.829. The maximum absolute atomic E-state index is 13.2. The zero-order valence-corrected chi connectivity index (χ0v) is 29.1. The number of nitrogens with two attached hydrogens (primary N) is 1. The van der Waals surface area contributed by atoms with E-state index in [1.807, 2.05) is 36.4 Å². The number of methoxy groups -OCH3 is 1. The van der Waals surface area contributed by atoms with Gasteiger partial charge in [-0.25, -0.2) is 14.8 Å². The predicted octanol–water partition coefficient (Wildman–Crippen LogP) is 5.33. The van der Waals surface area contributed by atoms with Crippen LogP contribution in [0.2, 0.25) is 10.0 Å². The van der Waals surface area contributed by atoms with Gasteiger partial charge in [0.2, 0.25) is 5.88 Å². The summed E-state index contributed by atoms with van der Waals surface area (Å²) in [6.45, 7) is 2.95. The Bertz CT molecular complexity index is 2240. The van der Waals surface area contributed by atoms with E-state index in [-0.39, 0.29) is 23.6 Å². The second-order valence-corrected chi connectivity index (χ2v) is 13.3. The molecule has 1 fully saturated rings. The van der Waals surface area contributed by atoms with E-state index in [0.717, 1.165) is 27.7 Å². The van der Waals surface area contributed by atoms with Crippen LogP contribution in [-0.2, 0) is 36.4 Å². The molecule has 2 aliphatic rings. The molecule has 49 heavy (non-hydrogen) atoms. The first-order valence-corrected chi connectivity index (χ1v) is 16.8. The molecule has 254 valence electrons. The van der Waals surface area contributed by atoms with Crippen molar-refractivity contribution in [1.82, 2.24) is 19.1 Å². The van der Waals surface area contributed by atoms with Crippen LogP contribution in [0.5, 0.6) is 5.88 Å². The number of pyridine rings is 2. The van der Waals surface area contributed by atoms with Crippen LogP contribution in [0.25, 0.3) is 33.3 Å². The van der Waals surface area contributed by atoms with Crippen molar-refractivity contribution in [3.8, 4) is 28.3 Å². The average Bonchev–Trinajstić information content (AvgIpc) is 3.50. The molecule has 0 amide bonds. The summed E-state index contributed by atoms with van der Waals surface area (Å²) < 4.78 is 20.2. The maximum Gasteiger partial charge on any atom is 0.330 e. The van der Waals surface area contributed by atoms with Gasteiger partial charge >= 0.3 is 5.69 Å². The largest absolute Gasteiger partial charge is 0.481 e. The highest BCUT2D eigenvalue weighted by atomic mass is 35.5. The molecule has 1 aliphatic heterocycles. The van der Waals surface area contributed by atoms with E-state index in [0.29, 0.717) is 81.5 Å². The van der Waals surface area contributed by atoms with Gasteiger partial charge in [0.1, 0.15) is 11.2 Å². The molecule has 13 heteroatoms. The van der Waals surface area contributed by atoms with E-state index in [1.165, 1.54) is 11.6 Å². The summed E-state index contributed by atoms with van der Waals surface area (Å²) in [5.41, 5.74) is 11.9. The summed E-state index contributed by atoms with van der Waals surface area (Å²) in [4.78, 5) is 35.3. The Hall–Kier alpha value is -4.26. The summed E-state index contributed by atoms with van der Waals surface area (Å²) in [7, 11) is 4.68. The second kappa shape index (κ2) is 13.2. The highest BCUT2D eigenvalue weighted by molar-refractivity contribution is 6.39. The number of aromatic nitrogens is 4. The minimum Gasteiger partial charge on any atom is -0.481 e. The number of nitrogens with one attached hydrogen (secondary N) is 1. The number of anilines is 2. The standard InChI is InChI=1S/C36H36Cl2N6O5/c1-18-13-28-30(35(45)44(3)36(46)43(28)2)33(40-18)41-26-10-6-8-22(32(26)38)21-7-5-9-23(31(21)37)27-15-19-14-20(16-24(19)34(42-27)47-4)49-29-17-48-12-11-25(29)39/h5-10,13,15,20,25,29H,11-12,14,16-17,39H2,1-4H3,(H,40,41)/t20?,25-,29+/m1/s1. The summed E-state index contributed by atoms with van der Waals surface area (Å²) in [5, 5.41) is 4.38. The first kappa shape index (κ1) is 33.2. The maximum atomic E-state index is 13.2. The molecule has 0 radical (unpaired) electrons. The molecular formula is C36H36Cl2N6O5. The number of benzene rings is 2. The van der Waals surface area contributed by atoms with Gasteiger partial charge in [0.05, 0.1) is 52.9 Å². The predicted molar refractivity (Wildman–Crippen MR) is 191 cm³/mol. The molecule has 1 unspecified atom stereocenters. The van der Waals surface area contributed by atoms with Crippen molar-refractivity contribution in [2.75, 3.05) is 25.6 Å². The lowest BCUT2D eigenvalue weighted by molar-refractivity contribution is -0.0901. The third kappa shape index (κ3) is 6.00. The summed E-state index contributed by atoms with van der Waals surface area (Å²) >= 11 is 14.2. The van der Waals surface area contributed by atoms with Crippen LogP contribution in [0.15, 0.2) is 58.1 Å². The minimum atomic E-state index is -0.460. The lowest BCUT2D eigenvalue weighted by Crippen LogP contribution is -2.46. The van der Waals surface area contributed by atoms with Crippen molar-refractivity contribution in [2.24, 2.45) is 19.8 Å². The SMILES string of the molecule is COc1nc(-c2cccc(-c3cccc(Nc4nc(C)cc5c4c(=O)n(C)c(=O)n5C)c3Cl)c2Cl)cc2c1CC(O[C@H]1COCC[C@H]1N)C2. The topological polar surface area (TPSA) is 136 Å². The molecule has 7 rings (SSSR count). The van der Waals surface area contributed by atoms with Crippen LogP contribution in [0.1, 0.15) is 23.2 Å². The van der Waals surface area contributed by atoms with Gasteiger partial charge in [0.25, 0.3) is 5.56 Å². The molecule has 0 spiro atoms. The van der Waals surface area contributed by atoms with Crippen molar-refractivity contribution >= 4 is 45.6 Å². The van der Waals surface area contributed by atoms with Crippen LogP contribution >= 0.6 is 23.2 Å². The molecule has 3 N–H and O–H groups in total. The van der Waals surface area contributed by atoms with Crippen molar-refractivity contribution < 1.29 is 14.2 Å². The first-order chi connectivity index (χ1) is 23.5. The van der Waals surface area contributed by atoms with Gasteiger partial charge in [0.15, 0.2) is 0 Å². The molecule has 1 aliphatic carbocycles. The fraction of sp³-hybridized carbons (Fsp3) is 0.333. The number of halogens is 2. The normalized spacial score (nSPS) is 18.9. The van der Waals surface area contributed by atoms with Gasteiger partial charge in [-0.15, -0.1) is 0 Å². The number of fused-ring (bicyclic) bond motifs is 2. The minimum absolute atomic E-state index is 0.0508. The summed E-state index contributed by atoms with van der Waals surface area (Å²) in [6.07, 6.45) is 1.94. The van der Waals surface area contributed by atoms with Gasteiger partial charge in [-0.3, -0.25) is 13.9 Å². The lowest BCUT2D eigenvalue weighted by atomic mass is 9.99. The van der Waals surface area contributed by atoms with E-state index in [4.69, 9.17) is 48.1 Å². The number of aryl methyl sites for hydroxylation is 2. The van der Waals surface area contributed by atoms with Gasteiger partial charge in [-0.05, 0) is 43.5 Å². The monoisotopic (exact) mass is 702 g/mol. The van der Waals surface area contributed by atoms with E-state index in [2.05, 4.69) is 10.3 Å². The molecular weight excluding hydrogens is 667 g/mol. The molecule has 3 atom stereocenters. The fourth-order valence-corrected chi connectivity index (χ4v) is 7.37. The third-order valence-electron chi connectivity index (χ3n) is 9.37. The quantitative estimate of drug-likeness (QED) is 0.231. The summed E-state index contributed by atoms with van der Waals surface area (Å²) in [6, 6.07) is 14.9. The van der Waals surface area contributed by atoms with Gasteiger partial charge in [-0.2, -0.15) is 0 Å². The Labute approximate surface area is 292 Å². The molecule has 4 heterocycles. The highest BCUT2D eigenvalue weighted by Gasteiger charge is 2.32. The van der Waals surface area contributed by atoms with Crippen molar-refractivity contribution in [3.05, 3.63) is 96.2 Å². The Kier molecular flexibility index (Phi) is 8.97.